The zero-order valence-corrected chi connectivity index (χ0v) is 25.9. The smallest absolute Gasteiger partial charge is 0.331 e. The van der Waals surface area contributed by atoms with Gasteiger partial charge in [0, 0.05) is 6.08 Å². The fraction of sp³-hybridized carbons (Fsp3) is 0.314. The molecule has 1 amide bonds. The van der Waals surface area contributed by atoms with Crippen molar-refractivity contribution in [3.8, 4) is 0 Å². The summed E-state index contributed by atoms with van der Waals surface area (Å²) in [4.78, 5) is 54.4. The highest BCUT2D eigenvalue weighted by Crippen LogP contribution is 2.54. The topological polar surface area (TPSA) is 99.2 Å². The molecule has 2 fully saturated rings. The SMILES string of the molecule is CC(C)(C)OC(=O)/C=C1/C(=O)N2C1S[C@@](C)(COC(=O)Cc1ccccc1)[C@@H]2C(=O)OC(c1ccccc1)c1ccccc1. The molecule has 3 aromatic rings. The number of amides is 1. The molecule has 3 aromatic carbocycles. The monoisotopic (exact) mass is 613 g/mol. The molecule has 228 valence electrons. The van der Waals surface area contributed by atoms with Crippen LogP contribution in [0.4, 0.5) is 0 Å². The van der Waals surface area contributed by atoms with Gasteiger partial charge in [-0.1, -0.05) is 91.0 Å². The number of thioether (sulfide) groups is 1. The van der Waals surface area contributed by atoms with Gasteiger partial charge in [0.05, 0.1) is 16.7 Å². The van der Waals surface area contributed by atoms with Gasteiger partial charge in [0.1, 0.15) is 23.6 Å². The number of benzene rings is 3. The Balaban J connectivity index is 1.42. The molecule has 0 aromatic heterocycles. The number of esters is 3. The average molecular weight is 614 g/mol. The molecule has 2 aliphatic heterocycles. The minimum atomic E-state index is -1.08. The predicted octanol–water partition coefficient (Wildman–Crippen LogP) is 5.42. The van der Waals surface area contributed by atoms with Gasteiger partial charge in [-0.05, 0) is 44.4 Å². The molecular formula is C35H35NO7S. The van der Waals surface area contributed by atoms with Crippen LogP contribution in [-0.4, -0.2) is 57.1 Å². The van der Waals surface area contributed by atoms with E-state index >= 15 is 0 Å². The van der Waals surface area contributed by atoms with Crippen molar-refractivity contribution in [1.82, 2.24) is 4.90 Å². The van der Waals surface area contributed by atoms with Gasteiger partial charge < -0.3 is 19.1 Å². The zero-order chi connectivity index (χ0) is 31.5. The molecule has 2 saturated heterocycles. The van der Waals surface area contributed by atoms with Crippen molar-refractivity contribution in [2.75, 3.05) is 6.61 Å². The van der Waals surface area contributed by atoms with E-state index in [-0.39, 0.29) is 18.6 Å². The predicted molar refractivity (Wildman–Crippen MR) is 166 cm³/mol. The summed E-state index contributed by atoms with van der Waals surface area (Å²) >= 11 is 1.29. The van der Waals surface area contributed by atoms with Crippen LogP contribution in [0.2, 0.25) is 0 Å². The number of hydrogen-bond donors (Lipinski definition) is 0. The van der Waals surface area contributed by atoms with Gasteiger partial charge in [-0.15, -0.1) is 11.8 Å². The standard InChI is InChI=1S/C35H35NO7S/c1-34(2,3)43-28(38)21-26-31(39)36-30(33(40)42-29(24-16-10-6-11-17-24)25-18-12-7-13-19-25)35(4,44-32(26)36)22-41-27(37)20-23-14-8-5-9-15-23/h5-19,21,29-30,32H,20,22H2,1-4H3/b26-21-/t30-,32?,35-/m0/s1. The zero-order valence-electron chi connectivity index (χ0n) is 25.1. The molecule has 0 bridgehead atoms. The molecule has 0 radical (unpaired) electrons. The molecule has 8 nitrogen and oxygen atoms in total. The average Bonchev–Trinajstić information content (AvgIpc) is 3.28. The van der Waals surface area contributed by atoms with Crippen LogP contribution in [0.15, 0.2) is 103 Å². The first-order valence-electron chi connectivity index (χ1n) is 14.4. The third-order valence-corrected chi connectivity index (χ3v) is 8.87. The van der Waals surface area contributed by atoms with E-state index < -0.39 is 51.7 Å². The summed E-state index contributed by atoms with van der Waals surface area (Å²) < 4.78 is 16.2. The third-order valence-electron chi connectivity index (χ3n) is 7.29. The summed E-state index contributed by atoms with van der Waals surface area (Å²) in [6.45, 7) is 6.85. The molecular weight excluding hydrogens is 578 g/mol. The van der Waals surface area contributed by atoms with Crippen molar-refractivity contribution in [2.45, 2.75) is 62.0 Å². The maximum atomic E-state index is 14.1. The fourth-order valence-electron chi connectivity index (χ4n) is 5.30. The first kappa shape index (κ1) is 31.1. The van der Waals surface area contributed by atoms with E-state index in [9.17, 15) is 19.2 Å². The van der Waals surface area contributed by atoms with E-state index in [1.807, 2.05) is 91.0 Å². The number of nitrogens with zero attached hydrogens (tertiary/aromatic N) is 1. The summed E-state index contributed by atoms with van der Waals surface area (Å²) in [5.41, 5.74) is 1.83. The van der Waals surface area contributed by atoms with Gasteiger partial charge in [-0.25, -0.2) is 9.59 Å². The fourth-order valence-corrected chi connectivity index (χ4v) is 6.90. The van der Waals surface area contributed by atoms with E-state index in [4.69, 9.17) is 14.2 Å². The molecule has 0 aliphatic carbocycles. The molecule has 44 heavy (non-hydrogen) atoms. The maximum Gasteiger partial charge on any atom is 0.331 e. The number of carbonyl (C=O) groups excluding carboxylic acids is 4. The van der Waals surface area contributed by atoms with E-state index in [1.54, 1.807) is 27.7 Å². The van der Waals surface area contributed by atoms with Gasteiger partial charge >= 0.3 is 17.9 Å². The number of hydrogen-bond acceptors (Lipinski definition) is 8. The highest BCUT2D eigenvalue weighted by atomic mass is 32.2. The Morgan fingerprint density at radius 3 is 2.00 bits per heavy atom. The van der Waals surface area contributed by atoms with Crippen LogP contribution < -0.4 is 0 Å². The van der Waals surface area contributed by atoms with Gasteiger partial charge in [0.2, 0.25) is 0 Å². The lowest BCUT2D eigenvalue weighted by molar-refractivity contribution is -0.163. The number of ether oxygens (including phenoxy) is 3. The summed E-state index contributed by atoms with van der Waals surface area (Å²) in [5, 5.41) is -0.614. The number of carbonyl (C=O) groups is 4. The Kier molecular flexibility index (Phi) is 8.97. The Bertz CT molecular complexity index is 1510. The largest absolute Gasteiger partial charge is 0.464 e. The second-order valence-corrected chi connectivity index (χ2v) is 13.6. The van der Waals surface area contributed by atoms with Crippen LogP contribution in [0, 0.1) is 0 Å². The minimum Gasteiger partial charge on any atom is -0.464 e. The van der Waals surface area contributed by atoms with Crippen molar-refractivity contribution < 1.29 is 33.4 Å². The van der Waals surface area contributed by atoms with Crippen molar-refractivity contribution in [3.63, 3.8) is 0 Å². The van der Waals surface area contributed by atoms with Crippen LogP contribution >= 0.6 is 11.8 Å². The maximum absolute atomic E-state index is 14.1. The van der Waals surface area contributed by atoms with Crippen molar-refractivity contribution >= 4 is 35.6 Å². The second-order valence-electron chi connectivity index (χ2n) is 12.0. The molecule has 0 N–H and O–H groups in total. The van der Waals surface area contributed by atoms with Crippen molar-refractivity contribution in [2.24, 2.45) is 0 Å². The second kappa shape index (κ2) is 12.7. The van der Waals surface area contributed by atoms with E-state index in [0.29, 0.717) is 0 Å². The Hall–Kier alpha value is -4.37. The Morgan fingerprint density at radius 2 is 1.45 bits per heavy atom. The first-order chi connectivity index (χ1) is 20.9. The molecule has 9 heteroatoms. The molecule has 2 heterocycles. The van der Waals surface area contributed by atoms with Gasteiger partial charge in [-0.2, -0.15) is 0 Å². The summed E-state index contributed by atoms with van der Waals surface area (Å²) in [6, 6.07) is 26.8. The summed E-state index contributed by atoms with van der Waals surface area (Å²) in [5.74, 6) is -2.20. The lowest BCUT2D eigenvalue weighted by Crippen LogP contribution is -2.60. The van der Waals surface area contributed by atoms with Gasteiger partial charge in [-0.3, -0.25) is 9.59 Å². The van der Waals surface area contributed by atoms with E-state index in [1.165, 1.54) is 22.7 Å². The van der Waals surface area contributed by atoms with Crippen molar-refractivity contribution in [3.05, 3.63) is 119 Å². The van der Waals surface area contributed by atoms with Gasteiger partial charge in [0.25, 0.3) is 5.91 Å². The molecule has 3 atom stereocenters. The summed E-state index contributed by atoms with van der Waals surface area (Å²) in [7, 11) is 0. The third kappa shape index (κ3) is 6.89. The number of fused-ring (bicyclic) bond motifs is 1. The molecule has 5 rings (SSSR count). The number of rotatable bonds is 9. The molecule has 2 aliphatic rings. The van der Waals surface area contributed by atoms with Crippen LogP contribution in [0.5, 0.6) is 0 Å². The van der Waals surface area contributed by atoms with E-state index in [2.05, 4.69) is 0 Å². The summed E-state index contributed by atoms with van der Waals surface area (Å²) in [6.07, 6.45) is 0.525. The lowest BCUT2D eigenvalue weighted by Gasteiger charge is -2.40. The Morgan fingerprint density at radius 1 is 0.909 bits per heavy atom. The first-order valence-corrected chi connectivity index (χ1v) is 15.3. The highest BCUT2D eigenvalue weighted by molar-refractivity contribution is 8.02. The molecule has 0 spiro atoms. The van der Waals surface area contributed by atoms with Gasteiger partial charge in [0.15, 0.2) is 6.10 Å². The quantitative estimate of drug-likeness (QED) is 0.137. The minimum absolute atomic E-state index is 0.0661. The molecule has 1 unspecified atom stereocenters. The van der Waals surface area contributed by atoms with Crippen molar-refractivity contribution in [1.29, 1.82) is 0 Å². The molecule has 0 saturated carbocycles. The van der Waals surface area contributed by atoms with Crippen LogP contribution in [0.25, 0.3) is 0 Å². The Labute approximate surface area is 261 Å². The van der Waals surface area contributed by atoms with E-state index in [0.717, 1.165) is 16.7 Å². The van der Waals surface area contributed by atoms with Crippen LogP contribution in [0.3, 0.4) is 0 Å². The van der Waals surface area contributed by atoms with Crippen LogP contribution in [-0.2, 0) is 39.8 Å². The normalized spacial score (nSPS) is 21.9. The lowest BCUT2D eigenvalue weighted by atomic mass is 9.94. The van der Waals surface area contributed by atoms with Crippen LogP contribution in [0.1, 0.15) is 50.5 Å². The highest BCUT2D eigenvalue weighted by Gasteiger charge is 2.64. The number of β-lactam (4-membered cyclic amide) rings is 1.